The van der Waals surface area contributed by atoms with Gasteiger partial charge < -0.3 is 30.1 Å². The van der Waals surface area contributed by atoms with Gasteiger partial charge in [0.2, 0.25) is 11.8 Å². The van der Waals surface area contributed by atoms with Crippen molar-refractivity contribution in [3.8, 4) is 5.88 Å². The maximum Gasteiger partial charge on any atom is 0.269 e. The summed E-state index contributed by atoms with van der Waals surface area (Å²) < 4.78 is 13.3. The van der Waals surface area contributed by atoms with Crippen LogP contribution in [-0.2, 0) is 11.3 Å². The number of nitrogens with zero attached hydrogens (tertiary/aromatic N) is 5. The number of hydrogen-bond acceptors (Lipinski definition) is 11. The standard InChI is InChI=1S/C22H26N6O7/c1-11-16(29)17(30)20(35-11)27-18-15(26-21(27)25-13-7-22(2,31)8-13)19(24-10-23-18)34-9-12-3-5-14(6-4-12)28(32)33/h3-6,10-11,13,16-17,20,29-31H,7-9H2,1-2H3,(H,25,26)/t11-,13?,16-,17-,20-,22?/m1/s1. The van der Waals surface area contributed by atoms with Gasteiger partial charge in [0.15, 0.2) is 17.4 Å². The van der Waals surface area contributed by atoms with Crippen molar-refractivity contribution in [2.45, 2.75) is 69.5 Å². The highest BCUT2D eigenvalue weighted by molar-refractivity contribution is 5.79. The Hall–Kier alpha value is -3.39. The number of nitro groups is 1. The van der Waals surface area contributed by atoms with Gasteiger partial charge in [0.25, 0.3) is 5.69 Å². The lowest BCUT2D eigenvalue weighted by Crippen LogP contribution is -2.48. The maximum absolute atomic E-state index is 10.9. The molecule has 186 valence electrons. The molecule has 13 heteroatoms. The first kappa shape index (κ1) is 23.4. The SMILES string of the molecule is C[C@H]1O[C@@H](n2c(NC3CC(C)(O)C3)nc3c(OCc4ccc([N+](=O)[O-])cc4)ncnc32)[C@H](O)[C@@H]1O. The number of aliphatic hydroxyl groups is 3. The molecule has 0 spiro atoms. The second kappa shape index (κ2) is 8.68. The van der Waals surface area contributed by atoms with E-state index >= 15 is 0 Å². The van der Waals surface area contributed by atoms with Gasteiger partial charge in [-0.2, -0.15) is 4.98 Å². The highest BCUT2D eigenvalue weighted by atomic mass is 16.6. The molecule has 1 saturated carbocycles. The van der Waals surface area contributed by atoms with Gasteiger partial charge >= 0.3 is 0 Å². The molecular formula is C22H26N6O7. The Labute approximate surface area is 199 Å². The van der Waals surface area contributed by atoms with E-state index in [-0.39, 0.29) is 24.2 Å². The number of aromatic nitrogens is 4. The van der Waals surface area contributed by atoms with Crippen molar-refractivity contribution < 1.29 is 29.7 Å². The molecule has 1 saturated heterocycles. The van der Waals surface area contributed by atoms with E-state index in [4.69, 9.17) is 9.47 Å². The minimum absolute atomic E-state index is 0.0193. The van der Waals surface area contributed by atoms with Gasteiger partial charge in [-0.15, -0.1) is 0 Å². The molecule has 0 radical (unpaired) electrons. The summed E-state index contributed by atoms with van der Waals surface area (Å²) in [4.78, 5) is 23.5. The summed E-state index contributed by atoms with van der Waals surface area (Å²) in [6.07, 6.45) is -1.54. The number of fused-ring (bicyclic) bond motifs is 1. The largest absolute Gasteiger partial charge is 0.471 e. The zero-order valence-corrected chi connectivity index (χ0v) is 19.1. The summed E-state index contributed by atoms with van der Waals surface area (Å²) in [7, 11) is 0. The average Bonchev–Trinajstić information content (AvgIpc) is 3.28. The minimum atomic E-state index is -1.22. The molecule has 13 nitrogen and oxygen atoms in total. The molecule has 1 aromatic carbocycles. The Morgan fingerprint density at radius 2 is 1.97 bits per heavy atom. The number of non-ortho nitro benzene ring substituents is 1. The molecule has 1 aliphatic heterocycles. The Morgan fingerprint density at radius 1 is 1.26 bits per heavy atom. The summed E-state index contributed by atoms with van der Waals surface area (Å²) in [5, 5.41) is 45.2. The first-order valence-electron chi connectivity index (χ1n) is 11.2. The van der Waals surface area contributed by atoms with Crippen LogP contribution < -0.4 is 10.1 Å². The number of nitro benzene ring substituents is 1. The third-order valence-corrected chi connectivity index (χ3v) is 6.40. The summed E-state index contributed by atoms with van der Waals surface area (Å²) in [5.74, 6) is 0.517. The van der Waals surface area contributed by atoms with Gasteiger partial charge in [-0.25, -0.2) is 9.97 Å². The molecule has 1 aliphatic carbocycles. The van der Waals surface area contributed by atoms with Crippen molar-refractivity contribution >= 4 is 22.8 Å². The Kier molecular flexibility index (Phi) is 5.79. The van der Waals surface area contributed by atoms with E-state index in [1.807, 2.05) is 0 Å². The lowest BCUT2D eigenvalue weighted by molar-refractivity contribution is -0.384. The van der Waals surface area contributed by atoms with Crippen LogP contribution in [0.2, 0.25) is 0 Å². The molecule has 4 N–H and O–H groups in total. The first-order valence-corrected chi connectivity index (χ1v) is 11.2. The van der Waals surface area contributed by atoms with E-state index in [9.17, 15) is 25.4 Å². The summed E-state index contributed by atoms with van der Waals surface area (Å²) >= 11 is 0. The summed E-state index contributed by atoms with van der Waals surface area (Å²) in [5.41, 5.74) is 0.560. The lowest BCUT2D eigenvalue weighted by Gasteiger charge is -2.41. The molecule has 4 atom stereocenters. The van der Waals surface area contributed by atoms with Crippen LogP contribution in [0.4, 0.5) is 11.6 Å². The van der Waals surface area contributed by atoms with Crippen LogP contribution >= 0.6 is 0 Å². The first-order chi connectivity index (χ1) is 16.6. The molecule has 3 aromatic rings. The molecular weight excluding hydrogens is 460 g/mol. The highest BCUT2D eigenvalue weighted by Gasteiger charge is 2.44. The van der Waals surface area contributed by atoms with Crippen molar-refractivity contribution in [3.05, 3.63) is 46.3 Å². The number of imidazole rings is 1. The van der Waals surface area contributed by atoms with Crippen LogP contribution in [0.25, 0.3) is 11.2 Å². The minimum Gasteiger partial charge on any atom is -0.471 e. The van der Waals surface area contributed by atoms with Gasteiger partial charge in [0, 0.05) is 18.2 Å². The van der Waals surface area contributed by atoms with Gasteiger partial charge in [-0.3, -0.25) is 14.7 Å². The third-order valence-electron chi connectivity index (χ3n) is 6.40. The quantitative estimate of drug-likeness (QED) is 0.279. The van der Waals surface area contributed by atoms with E-state index < -0.39 is 35.1 Å². The van der Waals surface area contributed by atoms with Gasteiger partial charge in [-0.1, -0.05) is 0 Å². The molecule has 0 amide bonds. The number of aliphatic hydroxyl groups excluding tert-OH is 2. The maximum atomic E-state index is 10.9. The second-order valence-electron chi connectivity index (χ2n) is 9.33. The van der Waals surface area contributed by atoms with Crippen LogP contribution in [0, 0.1) is 10.1 Å². The van der Waals surface area contributed by atoms with Crippen molar-refractivity contribution in [2.75, 3.05) is 5.32 Å². The fourth-order valence-electron chi connectivity index (χ4n) is 4.53. The summed E-state index contributed by atoms with van der Waals surface area (Å²) in [6, 6.07) is 5.92. The lowest BCUT2D eigenvalue weighted by atomic mass is 9.77. The molecule has 35 heavy (non-hydrogen) atoms. The molecule has 2 fully saturated rings. The van der Waals surface area contributed by atoms with Crippen LogP contribution in [0.15, 0.2) is 30.6 Å². The molecule has 0 bridgehead atoms. The Balaban J connectivity index is 1.46. The molecule has 0 unspecified atom stereocenters. The predicted octanol–water partition coefficient (Wildman–Crippen LogP) is 1.28. The normalized spacial score (nSPS) is 30.3. The van der Waals surface area contributed by atoms with Crippen LogP contribution in [0.1, 0.15) is 38.5 Å². The van der Waals surface area contributed by atoms with E-state index in [2.05, 4.69) is 20.3 Å². The molecule has 3 heterocycles. The monoisotopic (exact) mass is 486 g/mol. The molecule has 2 aliphatic rings. The number of benzene rings is 1. The van der Waals surface area contributed by atoms with Gasteiger partial charge in [0.1, 0.15) is 25.1 Å². The van der Waals surface area contributed by atoms with Crippen molar-refractivity contribution in [1.82, 2.24) is 19.5 Å². The van der Waals surface area contributed by atoms with E-state index in [1.165, 1.54) is 18.5 Å². The fourth-order valence-corrected chi connectivity index (χ4v) is 4.53. The highest BCUT2D eigenvalue weighted by Crippen LogP contribution is 2.38. The third kappa shape index (κ3) is 4.38. The van der Waals surface area contributed by atoms with Crippen molar-refractivity contribution in [3.63, 3.8) is 0 Å². The number of nitrogens with one attached hydrogen (secondary N) is 1. The van der Waals surface area contributed by atoms with Crippen LogP contribution in [0.5, 0.6) is 5.88 Å². The Morgan fingerprint density at radius 3 is 2.57 bits per heavy atom. The van der Waals surface area contributed by atoms with E-state index in [0.717, 1.165) is 0 Å². The molecule has 2 aromatic heterocycles. The predicted molar refractivity (Wildman–Crippen MR) is 122 cm³/mol. The molecule has 5 rings (SSSR count). The van der Waals surface area contributed by atoms with E-state index in [1.54, 1.807) is 30.5 Å². The van der Waals surface area contributed by atoms with Gasteiger partial charge in [-0.05, 0) is 44.4 Å². The van der Waals surface area contributed by atoms with Crippen LogP contribution in [0.3, 0.4) is 0 Å². The Bertz CT molecular complexity index is 1240. The number of ether oxygens (including phenoxy) is 2. The van der Waals surface area contributed by atoms with Gasteiger partial charge in [0.05, 0.1) is 16.6 Å². The van der Waals surface area contributed by atoms with Crippen LogP contribution in [-0.4, -0.2) is 69.7 Å². The number of hydrogen-bond donors (Lipinski definition) is 4. The second-order valence-corrected chi connectivity index (χ2v) is 9.33. The smallest absolute Gasteiger partial charge is 0.269 e. The number of rotatable bonds is 7. The van der Waals surface area contributed by atoms with E-state index in [0.29, 0.717) is 35.5 Å². The fraction of sp³-hybridized carbons (Fsp3) is 0.500. The average molecular weight is 486 g/mol. The zero-order valence-electron chi connectivity index (χ0n) is 19.1. The summed E-state index contributed by atoms with van der Waals surface area (Å²) in [6.45, 7) is 3.51. The number of anilines is 1. The van der Waals surface area contributed by atoms with Crippen molar-refractivity contribution in [2.24, 2.45) is 0 Å². The zero-order chi connectivity index (χ0) is 24.9. The van der Waals surface area contributed by atoms with Crippen molar-refractivity contribution in [1.29, 1.82) is 0 Å². The topological polar surface area (TPSA) is 178 Å².